The molecule has 1 saturated heterocycles. The molecule has 1 fully saturated rings. The molecule has 6 rings (SSSR count). The van der Waals surface area contributed by atoms with Gasteiger partial charge >= 0.3 is 0 Å². The van der Waals surface area contributed by atoms with Crippen LogP contribution in [0.1, 0.15) is 10.4 Å². The molecule has 1 amide bonds. The van der Waals surface area contributed by atoms with E-state index in [-0.39, 0.29) is 11.5 Å². The van der Waals surface area contributed by atoms with Crippen LogP contribution in [0.3, 0.4) is 0 Å². The molecule has 0 radical (unpaired) electrons. The van der Waals surface area contributed by atoms with Gasteiger partial charge in [-0.1, -0.05) is 42.5 Å². The molecule has 0 spiro atoms. The average molecular weight is 450 g/mol. The third-order valence-corrected chi connectivity index (χ3v) is 6.42. The van der Waals surface area contributed by atoms with E-state index >= 15 is 0 Å². The molecule has 2 aromatic heterocycles. The highest BCUT2D eigenvalue weighted by Gasteiger charge is 2.24. The summed E-state index contributed by atoms with van der Waals surface area (Å²) in [5.41, 5.74) is 4.36. The average Bonchev–Trinajstić information content (AvgIpc) is 3.32. The Hall–Kier alpha value is -4.39. The molecular formula is C27H23N5O2. The minimum absolute atomic E-state index is 0.0176. The number of hydrogen-bond donors (Lipinski definition) is 2. The van der Waals surface area contributed by atoms with Crippen LogP contribution in [-0.4, -0.2) is 51.9 Å². The van der Waals surface area contributed by atoms with Gasteiger partial charge in [0.25, 0.3) is 11.5 Å². The van der Waals surface area contributed by atoms with Crippen LogP contribution in [-0.2, 0) is 0 Å². The number of amides is 1. The molecule has 0 unspecified atom stereocenters. The second-order valence-electron chi connectivity index (χ2n) is 8.54. The summed E-state index contributed by atoms with van der Waals surface area (Å²) in [5.74, 6) is 0.571. The van der Waals surface area contributed by atoms with Crippen molar-refractivity contribution in [3.63, 3.8) is 0 Å². The molecule has 7 heteroatoms. The maximum absolute atomic E-state index is 13.2. The highest BCUT2D eigenvalue weighted by Crippen LogP contribution is 2.25. The first-order chi connectivity index (χ1) is 16.7. The van der Waals surface area contributed by atoms with Crippen molar-refractivity contribution >= 4 is 33.7 Å². The molecule has 7 nitrogen and oxygen atoms in total. The molecular weight excluding hydrogens is 426 g/mol. The van der Waals surface area contributed by atoms with Crippen LogP contribution in [0.25, 0.3) is 33.1 Å². The largest absolute Gasteiger partial charge is 0.355 e. The van der Waals surface area contributed by atoms with Crippen molar-refractivity contribution in [3.8, 4) is 11.3 Å². The topological polar surface area (TPSA) is 85.1 Å². The van der Waals surface area contributed by atoms with Gasteiger partial charge in [0.1, 0.15) is 0 Å². The lowest BCUT2D eigenvalue weighted by molar-refractivity contribution is 0.0746. The first-order valence-corrected chi connectivity index (χ1v) is 11.4. The number of nitrogens with zero attached hydrogens (tertiary/aromatic N) is 3. The van der Waals surface area contributed by atoms with Gasteiger partial charge in [-0.05, 0) is 42.0 Å². The second-order valence-corrected chi connectivity index (χ2v) is 8.54. The number of nitrogens with one attached hydrogen (secondary N) is 2. The monoisotopic (exact) mass is 449 g/mol. The zero-order valence-electron chi connectivity index (χ0n) is 18.5. The van der Waals surface area contributed by atoms with Gasteiger partial charge in [-0.2, -0.15) is 0 Å². The van der Waals surface area contributed by atoms with Crippen molar-refractivity contribution in [2.75, 3.05) is 31.1 Å². The number of carbonyl (C=O) groups is 1. The minimum Gasteiger partial charge on any atom is -0.355 e. The number of benzene rings is 3. The fraction of sp³-hybridized carbons (Fsp3) is 0.148. The standard InChI is InChI=1S/C27H23N5O2/c33-25-21-8-4-5-9-23(21)29-27(30-25)32-14-12-31(13-15-32)26(34)19-10-11-22-20(16-19)17-24(28-22)18-6-2-1-3-7-18/h1-11,16-17,28H,12-15H2,(H,29,30,33). The quantitative estimate of drug-likeness (QED) is 0.436. The molecule has 3 aromatic carbocycles. The van der Waals surface area contributed by atoms with Gasteiger partial charge < -0.3 is 14.8 Å². The van der Waals surface area contributed by atoms with Crippen molar-refractivity contribution in [2.45, 2.75) is 0 Å². The first kappa shape index (κ1) is 20.2. The smallest absolute Gasteiger partial charge is 0.260 e. The number of fused-ring (bicyclic) bond motifs is 2. The highest BCUT2D eigenvalue weighted by molar-refractivity contribution is 5.99. The van der Waals surface area contributed by atoms with E-state index in [1.54, 1.807) is 6.07 Å². The van der Waals surface area contributed by atoms with E-state index in [9.17, 15) is 9.59 Å². The molecule has 0 atom stereocenters. The lowest BCUT2D eigenvalue weighted by Gasteiger charge is -2.35. The minimum atomic E-state index is -0.145. The predicted molar refractivity (Wildman–Crippen MR) is 134 cm³/mol. The number of anilines is 1. The van der Waals surface area contributed by atoms with E-state index in [4.69, 9.17) is 0 Å². The maximum atomic E-state index is 13.2. The summed E-state index contributed by atoms with van der Waals surface area (Å²) < 4.78 is 0. The van der Waals surface area contributed by atoms with Crippen LogP contribution in [0.4, 0.5) is 5.95 Å². The molecule has 1 aliphatic heterocycles. The maximum Gasteiger partial charge on any atom is 0.260 e. The number of aromatic nitrogens is 3. The van der Waals surface area contributed by atoms with Crippen molar-refractivity contribution < 1.29 is 4.79 Å². The number of piperazine rings is 1. The lowest BCUT2D eigenvalue weighted by atomic mass is 10.1. The molecule has 1 aliphatic rings. The van der Waals surface area contributed by atoms with Crippen molar-refractivity contribution in [3.05, 3.63) is 94.8 Å². The molecule has 168 valence electrons. The van der Waals surface area contributed by atoms with Gasteiger partial charge in [0.05, 0.1) is 10.9 Å². The van der Waals surface area contributed by atoms with Gasteiger partial charge in [0, 0.05) is 48.3 Å². The van der Waals surface area contributed by atoms with E-state index < -0.39 is 0 Å². The van der Waals surface area contributed by atoms with E-state index in [1.807, 2.05) is 64.4 Å². The first-order valence-electron chi connectivity index (χ1n) is 11.4. The summed E-state index contributed by atoms with van der Waals surface area (Å²) in [6.07, 6.45) is 0. The normalized spacial score (nSPS) is 14.1. The Bertz CT molecular complexity index is 1560. The molecule has 5 aromatic rings. The Kier molecular flexibility index (Phi) is 4.87. The molecule has 3 heterocycles. The summed E-state index contributed by atoms with van der Waals surface area (Å²) in [7, 11) is 0. The number of hydrogen-bond acceptors (Lipinski definition) is 4. The van der Waals surface area contributed by atoms with Crippen LogP contribution in [0.5, 0.6) is 0 Å². The summed E-state index contributed by atoms with van der Waals surface area (Å²) >= 11 is 0. The summed E-state index contributed by atoms with van der Waals surface area (Å²) in [5, 5.41) is 1.59. The summed E-state index contributed by atoms with van der Waals surface area (Å²) in [4.78, 5) is 40.4. The van der Waals surface area contributed by atoms with Crippen LogP contribution in [0.2, 0.25) is 0 Å². The Labute approximate surface area is 195 Å². The number of carbonyl (C=O) groups excluding carboxylic acids is 1. The van der Waals surface area contributed by atoms with Crippen LogP contribution in [0, 0.1) is 0 Å². The van der Waals surface area contributed by atoms with E-state index in [0.717, 1.165) is 22.2 Å². The Balaban J connectivity index is 1.19. The van der Waals surface area contributed by atoms with E-state index in [2.05, 4.69) is 33.2 Å². The number of para-hydroxylation sites is 1. The molecule has 2 N–H and O–H groups in total. The van der Waals surface area contributed by atoms with Gasteiger partial charge in [-0.3, -0.25) is 14.6 Å². The molecule has 0 aliphatic carbocycles. The summed E-state index contributed by atoms with van der Waals surface area (Å²) in [6.45, 7) is 2.35. The van der Waals surface area contributed by atoms with E-state index in [0.29, 0.717) is 48.6 Å². The fourth-order valence-corrected chi connectivity index (χ4v) is 4.57. The zero-order valence-corrected chi connectivity index (χ0v) is 18.5. The van der Waals surface area contributed by atoms with Crippen LogP contribution < -0.4 is 10.5 Å². The van der Waals surface area contributed by atoms with Crippen LogP contribution >= 0.6 is 0 Å². The zero-order chi connectivity index (χ0) is 23.1. The van der Waals surface area contributed by atoms with E-state index in [1.165, 1.54) is 0 Å². The third-order valence-electron chi connectivity index (χ3n) is 6.42. The summed E-state index contributed by atoms with van der Waals surface area (Å²) in [6, 6.07) is 25.3. The van der Waals surface area contributed by atoms with Crippen LogP contribution in [0.15, 0.2) is 83.7 Å². The fourth-order valence-electron chi connectivity index (χ4n) is 4.57. The number of H-pyrrole nitrogens is 2. The van der Waals surface area contributed by atoms with Gasteiger partial charge in [0.15, 0.2) is 0 Å². The second kappa shape index (κ2) is 8.19. The Morgan fingerprint density at radius 2 is 1.59 bits per heavy atom. The lowest BCUT2D eigenvalue weighted by Crippen LogP contribution is -2.49. The highest BCUT2D eigenvalue weighted by atomic mass is 16.2. The van der Waals surface area contributed by atoms with Crippen molar-refractivity contribution in [1.29, 1.82) is 0 Å². The van der Waals surface area contributed by atoms with Gasteiger partial charge in [-0.15, -0.1) is 0 Å². The van der Waals surface area contributed by atoms with Crippen molar-refractivity contribution in [2.24, 2.45) is 0 Å². The number of aromatic amines is 2. The van der Waals surface area contributed by atoms with Gasteiger partial charge in [0.2, 0.25) is 5.95 Å². The molecule has 0 bridgehead atoms. The van der Waals surface area contributed by atoms with Gasteiger partial charge in [-0.25, -0.2) is 4.98 Å². The molecule has 0 saturated carbocycles. The van der Waals surface area contributed by atoms with Crippen molar-refractivity contribution in [1.82, 2.24) is 19.9 Å². The SMILES string of the molecule is O=C(c1ccc2[nH]c(-c3ccccc3)cc2c1)N1CCN(c2nc3ccccc3c(=O)[nH]2)CC1. The Morgan fingerprint density at radius 1 is 0.824 bits per heavy atom. The molecule has 34 heavy (non-hydrogen) atoms. The predicted octanol–water partition coefficient (Wildman–Crippen LogP) is 4.03. The number of rotatable bonds is 3. The third kappa shape index (κ3) is 3.61. The Morgan fingerprint density at radius 3 is 2.41 bits per heavy atom.